The highest BCUT2D eigenvalue weighted by atomic mass is 32.2. The summed E-state index contributed by atoms with van der Waals surface area (Å²) in [6, 6.07) is 10.9. The van der Waals surface area contributed by atoms with Crippen LogP contribution in [0.3, 0.4) is 0 Å². The number of anilines is 2. The summed E-state index contributed by atoms with van der Waals surface area (Å²) in [5.41, 5.74) is 6.47. The van der Waals surface area contributed by atoms with Crippen molar-refractivity contribution >= 4 is 39.0 Å². The molecule has 1 fully saturated rings. The molecule has 2 heterocycles. The van der Waals surface area contributed by atoms with E-state index < -0.39 is 21.8 Å². The highest BCUT2D eigenvalue weighted by Crippen LogP contribution is 2.35. The number of nitrogens with two attached hydrogens (primary N) is 1. The summed E-state index contributed by atoms with van der Waals surface area (Å²) in [4.78, 5) is 26.2. The van der Waals surface area contributed by atoms with Crippen molar-refractivity contribution in [2.24, 2.45) is 10.1 Å². The molecule has 2 aromatic carbocycles. The number of benzene rings is 2. The van der Waals surface area contributed by atoms with Gasteiger partial charge in [-0.15, -0.1) is 4.40 Å². The van der Waals surface area contributed by atoms with Crippen molar-refractivity contribution in [1.82, 2.24) is 0 Å². The molecule has 4 rings (SSSR count). The summed E-state index contributed by atoms with van der Waals surface area (Å²) in [7, 11) is -3.89. The number of amides is 2. The van der Waals surface area contributed by atoms with Gasteiger partial charge in [-0.3, -0.25) is 9.59 Å². The fourth-order valence-electron chi connectivity index (χ4n) is 3.62. The molecule has 3 N–H and O–H groups in total. The number of rotatable bonds is 3. The first kappa shape index (κ1) is 19.1. The Labute approximate surface area is 168 Å². The molecule has 0 aromatic heterocycles. The maximum Gasteiger partial charge on any atom is 0.286 e. The van der Waals surface area contributed by atoms with Crippen molar-refractivity contribution in [3.8, 4) is 0 Å². The first-order chi connectivity index (χ1) is 13.9. The van der Waals surface area contributed by atoms with Crippen molar-refractivity contribution in [2.75, 3.05) is 16.8 Å². The molecule has 9 heteroatoms. The number of nitrogens with one attached hydrogen (secondary N) is 1. The minimum Gasteiger partial charge on any atom is -0.366 e. The second kappa shape index (κ2) is 7.32. The van der Waals surface area contributed by atoms with Crippen LogP contribution in [-0.4, -0.2) is 32.6 Å². The van der Waals surface area contributed by atoms with Crippen LogP contribution in [0, 0.1) is 0 Å². The second-order valence-corrected chi connectivity index (χ2v) is 8.56. The fraction of sp³-hybridized carbons (Fsp3) is 0.250. The number of amidine groups is 1. The molecule has 0 radical (unpaired) electrons. The van der Waals surface area contributed by atoms with Crippen LogP contribution in [0.2, 0.25) is 0 Å². The molecule has 0 bridgehead atoms. The third-order valence-electron chi connectivity index (χ3n) is 5.05. The van der Waals surface area contributed by atoms with Gasteiger partial charge in [-0.25, -0.2) is 0 Å². The Morgan fingerprint density at radius 1 is 1.07 bits per heavy atom. The SMILES string of the molecule is NC(=O)c1ccccc1NC(=O)c1ccc2c(c1)S(=O)(=O)N=C1CCCCCN12. The third-order valence-corrected chi connectivity index (χ3v) is 6.38. The lowest BCUT2D eigenvalue weighted by Gasteiger charge is -2.29. The van der Waals surface area contributed by atoms with E-state index in [0.29, 0.717) is 24.5 Å². The van der Waals surface area contributed by atoms with E-state index in [-0.39, 0.29) is 21.7 Å². The minimum absolute atomic E-state index is 0.0130. The number of para-hydroxylation sites is 1. The standard InChI is InChI=1S/C20H20N4O4S/c21-19(25)14-6-3-4-7-15(14)22-20(26)13-9-10-16-17(12-13)29(27,28)23-18-8-2-1-5-11-24(16)18/h3-4,6-7,9-10,12H,1-2,5,8,11H2,(H2,21,25)(H,22,26). The second-order valence-electron chi connectivity index (χ2n) is 6.99. The minimum atomic E-state index is -3.89. The van der Waals surface area contributed by atoms with E-state index in [1.54, 1.807) is 30.3 Å². The zero-order chi connectivity index (χ0) is 20.6. The first-order valence-corrected chi connectivity index (χ1v) is 10.8. The molecule has 1 saturated heterocycles. The average Bonchev–Trinajstić information content (AvgIpc) is 2.93. The topological polar surface area (TPSA) is 122 Å². The Bertz CT molecular complexity index is 1140. The number of carbonyl (C=O) groups excluding carboxylic acids is 2. The number of nitrogens with zero attached hydrogens (tertiary/aromatic N) is 2. The molecule has 0 saturated carbocycles. The van der Waals surface area contributed by atoms with Crippen molar-refractivity contribution in [1.29, 1.82) is 0 Å². The van der Waals surface area contributed by atoms with E-state index in [1.807, 2.05) is 4.90 Å². The highest BCUT2D eigenvalue weighted by molar-refractivity contribution is 7.90. The summed E-state index contributed by atoms with van der Waals surface area (Å²) < 4.78 is 29.4. The summed E-state index contributed by atoms with van der Waals surface area (Å²) in [6.07, 6.45) is 3.49. The van der Waals surface area contributed by atoms with Crippen molar-refractivity contribution in [3.63, 3.8) is 0 Å². The van der Waals surface area contributed by atoms with E-state index >= 15 is 0 Å². The lowest BCUT2D eigenvalue weighted by molar-refractivity contribution is 0.100. The summed E-state index contributed by atoms with van der Waals surface area (Å²) >= 11 is 0. The van der Waals surface area contributed by atoms with Gasteiger partial charge in [0.1, 0.15) is 10.7 Å². The van der Waals surface area contributed by atoms with Crippen LogP contribution in [0.15, 0.2) is 51.8 Å². The van der Waals surface area contributed by atoms with Gasteiger partial charge in [0, 0.05) is 18.5 Å². The highest BCUT2D eigenvalue weighted by Gasteiger charge is 2.32. The van der Waals surface area contributed by atoms with Crippen LogP contribution in [0.4, 0.5) is 11.4 Å². The number of primary amides is 1. The normalized spacial score (nSPS) is 17.4. The number of carbonyl (C=O) groups is 2. The van der Waals surface area contributed by atoms with Crippen LogP contribution in [-0.2, 0) is 10.0 Å². The van der Waals surface area contributed by atoms with Gasteiger partial charge in [-0.2, -0.15) is 8.42 Å². The molecular weight excluding hydrogens is 392 g/mol. The van der Waals surface area contributed by atoms with E-state index in [2.05, 4.69) is 9.71 Å². The molecule has 29 heavy (non-hydrogen) atoms. The smallest absolute Gasteiger partial charge is 0.286 e. The molecule has 2 aliphatic rings. The van der Waals surface area contributed by atoms with E-state index in [4.69, 9.17) is 5.73 Å². The van der Waals surface area contributed by atoms with Gasteiger partial charge in [0.25, 0.3) is 21.8 Å². The zero-order valence-electron chi connectivity index (χ0n) is 15.6. The Balaban J connectivity index is 1.69. The van der Waals surface area contributed by atoms with Gasteiger partial charge < -0.3 is 16.0 Å². The van der Waals surface area contributed by atoms with Gasteiger partial charge in [0.05, 0.1) is 16.9 Å². The molecule has 8 nitrogen and oxygen atoms in total. The van der Waals surface area contributed by atoms with Crippen molar-refractivity contribution in [3.05, 3.63) is 53.6 Å². The molecule has 2 aliphatic heterocycles. The first-order valence-electron chi connectivity index (χ1n) is 9.32. The number of hydrogen-bond donors (Lipinski definition) is 2. The number of fused-ring (bicyclic) bond motifs is 3. The molecule has 2 amide bonds. The van der Waals surface area contributed by atoms with Crippen LogP contribution in [0.25, 0.3) is 0 Å². The largest absolute Gasteiger partial charge is 0.366 e. The Morgan fingerprint density at radius 2 is 1.86 bits per heavy atom. The maximum absolute atomic E-state index is 12.7. The quantitative estimate of drug-likeness (QED) is 0.802. The summed E-state index contributed by atoms with van der Waals surface area (Å²) in [6.45, 7) is 0.693. The fourth-order valence-corrected chi connectivity index (χ4v) is 4.91. The van der Waals surface area contributed by atoms with Gasteiger partial charge in [-0.1, -0.05) is 18.6 Å². The van der Waals surface area contributed by atoms with Crippen LogP contribution in [0.1, 0.15) is 46.4 Å². The maximum atomic E-state index is 12.7. The predicted octanol–water partition coefficient (Wildman–Crippen LogP) is 2.52. The lowest BCUT2D eigenvalue weighted by atomic mass is 10.1. The van der Waals surface area contributed by atoms with E-state index in [9.17, 15) is 18.0 Å². The third kappa shape index (κ3) is 3.61. The van der Waals surface area contributed by atoms with Gasteiger partial charge in [0.2, 0.25) is 0 Å². The molecular formula is C20H20N4O4S. The van der Waals surface area contributed by atoms with Crippen LogP contribution in [0.5, 0.6) is 0 Å². The number of sulfonamides is 1. The average molecular weight is 412 g/mol. The number of hydrogen-bond acceptors (Lipinski definition) is 5. The molecule has 0 aliphatic carbocycles. The van der Waals surface area contributed by atoms with E-state index in [1.165, 1.54) is 12.1 Å². The summed E-state index contributed by atoms with van der Waals surface area (Å²) in [5.74, 6) is -0.651. The lowest BCUT2D eigenvalue weighted by Crippen LogP contribution is -2.35. The summed E-state index contributed by atoms with van der Waals surface area (Å²) in [5, 5.41) is 2.62. The van der Waals surface area contributed by atoms with Gasteiger partial charge in [0.15, 0.2) is 0 Å². The monoisotopic (exact) mass is 412 g/mol. The predicted molar refractivity (Wildman–Crippen MR) is 110 cm³/mol. The molecule has 2 aromatic rings. The molecule has 0 spiro atoms. The molecule has 150 valence electrons. The molecule has 0 unspecified atom stereocenters. The van der Waals surface area contributed by atoms with Gasteiger partial charge >= 0.3 is 0 Å². The Morgan fingerprint density at radius 3 is 2.66 bits per heavy atom. The Kier molecular flexibility index (Phi) is 4.83. The van der Waals surface area contributed by atoms with E-state index in [0.717, 1.165) is 19.3 Å². The Hall–Kier alpha value is -3.20. The van der Waals surface area contributed by atoms with Crippen LogP contribution >= 0.6 is 0 Å². The van der Waals surface area contributed by atoms with Gasteiger partial charge in [-0.05, 0) is 43.2 Å². The zero-order valence-corrected chi connectivity index (χ0v) is 16.4. The van der Waals surface area contributed by atoms with Crippen molar-refractivity contribution < 1.29 is 18.0 Å². The molecule has 0 atom stereocenters. The van der Waals surface area contributed by atoms with Crippen molar-refractivity contribution in [2.45, 2.75) is 30.6 Å². The van der Waals surface area contributed by atoms with Crippen LogP contribution < -0.4 is 16.0 Å².